The first-order valence-corrected chi connectivity index (χ1v) is 4.00. The lowest BCUT2D eigenvalue weighted by molar-refractivity contribution is 0.0937. The summed E-state index contributed by atoms with van der Waals surface area (Å²) in [5.41, 5.74) is 0.170. The number of nitrogens with one attached hydrogen (secondary N) is 1. The van der Waals surface area contributed by atoms with Crippen LogP contribution in [0, 0.1) is 5.92 Å². The predicted octanol–water partition coefficient (Wildman–Crippen LogP) is -0.820. The van der Waals surface area contributed by atoms with Crippen molar-refractivity contribution in [3.63, 3.8) is 0 Å². The maximum atomic E-state index is 11.3. The molecule has 0 bridgehead atoms. The Kier molecular flexibility index (Phi) is 1.97. The first-order valence-electron chi connectivity index (χ1n) is 4.00. The molecule has 1 heterocycles. The molecule has 6 heteroatoms. The van der Waals surface area contributed by atoms with Gasteiger partial charge in [-0.25, -0.2) is 4.63 Å². The zero-order chi connectivity index (χ0) is 9.26. The van der Waals surface area contributed by atoms with Crippen LogP contribution in [0.1, 0.15) is 16.9 Å². The summed E-state index contributed by atoms with van der Waals surface area (Å²) in [7, 11) is 0. The van der Waals surface area contributed by atoms with Crippen LogP contribution >= 0.6 is 0 Å². The van der Waals surface area contributed by atoms with Gasteiger partial charge in [-0.15, -0.1) is 0 Å². The van der Waals surface area contributed by atoms with Gasteiger partial charge in [-0.2, -0.15) is 0 Å². The number of amides is 1. The van der Waals surface area contributed by atoms with Crippen LogP contribution in [0.3, 0.4) is 0 Å². The summed E-state index contributed by atoms with van der Waals surface area (Å²) in [6.07, 6.45) is 2.08. The van der Waals surface area contributed by atoms with Crippen LogP contribution in [0.15, 0.2) is 10.8 Å². The van der Waals surface area contributed by atoms with E-state index in [-0.39, 0.29) is 30.2 Å². The molecule has 13 heavy (non-hydrogen) atoms. The fraction of sp³-hybridized carbons (Fsp3) is 0.571. The summed E-state index contributed by atoms with van der Waals surface area (Å²) in [6, 6.07) is 0.0780. The Balaban J connectivity index is 1.87. The van der Waals surface area contributed by atoms with Crippen molar-refractivity contribution in [1.29, 1.82) is 0 Å². The first kappa shape index (κ1) is 8.18. The average Bonchev–Trinajstić information content (AvgIpc) is 2.68. The molecule has 1 aliphatic carbocycles. The first-order chi connectivity index (χ1) is 6.31. The summed E-state index contributed by atoms with van der Waals surface area (Å²) >= 11 is 0. The van der Waals surface area contributed by atoms with E-state index < -0.39 is 0 Å². The van der Waals surface area contributed by atoms with Gasteiger partial charge >= 0.3 is 0 Å². The van der Waals surface area contributed by atoms with Crippen molar-refractivity contribution < 1.29 is 14.5 Å². The molecule has 1 amide bonds. The molecule has 2 atom stereocenters. The SMILES string of the molecule is O=C(NC1CC1CO)c1cnon1. The Morgan fingerprint density at radius 3 is 3.23 bits per heavy atom. The van der Waals surface area contributed by atoms with Crippen LogP contribution in [-0.4, -0.2) is 34.0 Å². The van der Waals surface area contributed by atoms with E-state index in [4.69, 9.17) is 5.11 Å². The molecule has 0 radical (unpaired) electrons. The Morgan fingerprint density at radius 1 is 1.85 bits per heavy atom. The summed E-state index contributed by atoms with van der Waals surface area (Å²) in [5, 5.41) is 18.1. The second kappa shape index (κ2) is 3.14. The second-order valence-electron chi connectivity index (χ2n) is 3.05. The molecule has 1 fully saturated rings. The maximum absolute atomic E-state index is 11.3. The Labute approximate surface area is 73.9 Å². The number of aliphatic hydroxyl groups excluding tert-OH is 1. The lowest BCUT2D eigenvalue weighted by Gasteiger charge is -1.98. The van der Waals surface area contributed by atoms with E-state index in [2.05, 4.69) is 20.3 Å². The molecule has 0 spiro atoms. The highest BCUT2D eigenvalue weighted by molar-refractivity contribution is 5.92. The third kappa shape index (κ3) is 1.67. The lowest BCUT2D eigenvalue weighted by atomic mass is 10.4. The Bertz CT molecular complexity index is 298. The second-order valence-corrected chi connectivity index (χ2v) is 3.05. The standard InChI is InChI=1S/C7H9N3O3/c11-3-4-1-5(4)9-7(12)6-2-8-13-10-6/h2,4-5,11H,1,3H2,(H,9,12). The predicted molar refractivity (Wildman–Crippen MR) is 40.7 cm³/mol. The fourth-order valence-electron chi connectivity index (χ4n) is 1.13. The summed E-state index contributed by atoms with van der Waals surface area (Å²) in [4.78, 5) is 11.3. The maximum Gasteiger partial charge on any atom is 0.275 e. The molecule has 2 N–H and O–H groups in total. The minimum absolute atomic E-state index is 0.0780. The summed E-state index contributed by atoms with van der Waals surface area (Å²) < 4.78 is 4.28. The van der Waals surface area contributed by atoms with Gasteiger partial charge in [0.25, 0.3) is 5.91 Å². The van der Waals surface area contributed by atoms with Gasteiger partial charge < -0.3 is 10.4 Å². The van der Waals surface area contributed by atoms with E-state index >= 15 is 0 Å². The molecular weight excluding hydrogens is 174 g/mol. The fourth-order valence-corrected chi connectivity index (χ4v) is 1.13. The number of carbonyl (C=O) groups excluding carboxylic acids is 1. The minimum Gasteiger partial charge on any atom is -0.396 e. The van der Waals surface area contributed by atoms with Crippen LogP contribution < -0.4 is 5.32 Å². The molecule has 70 valence electrons. The highest BCUT2D eigenvalue weighted by atomic mass is 16.6. The molecule has 0 aromatic carbocycles. The van der Waals surface area contributed by atoms with E-state index in [9.17, 15) is 4.79 Å². The molecule has 1 aromatic rings. The van der Waals surface area contributed by atoms with Crippen molar-refractivity contribution in [1.82, 2.24) is 15.6 Å². The monoisotopic (exact) mass is 183 g/mol. The van der Waals surface area contributed by atoms with E-state index in [0.29, 0.717) is 0 Å². The molecule has 0 aliphatic heterocycles. The average molecular weight is 183 g/mol. The zero-order valence-electron chi connectivity index (χ0n) is 6.80. The third-order valence-electron chi connectivity index (χ3n) is 2.07. The van der Waals surface area contributed by atoms with Crippen molar-refractivity contribution in [2.24, 2.45) is 5.92 Å². The van der Waals surface area contributed by atoms with Crippen molar-refractivity contribution >= 4 is 5.91 Å². The van der Waals surface area contributed by atoms with Gasteiger partial charge in [0.05, 0.1) is 0 Å². The van der Waals surface area contributed by atoms with Crippen LogP contribution in [0.2, 0.25) is 0 Å². The van der Waals surface area contributed by atoms with Gasteiger partial charge in [0.2, 0.25) is 0 Å². The minimum atomic E-state index is -0.304. The topological polar surface area (TPSA) is 88.2 Å². The van der Waals surface area contributed by atoms with Gasteiger partial charge in [-0.3, -0.25) is 4.79 Å². The van der Waals surface area contributed by atoms with Crippen molar-refractivity contribution in [2.75, 3.05) is 6.61 Å². The molecule has 1 saturated carbocycles. The van der Waals surface area contributed by atoms with Crippen molar-refractivity contribution in [3.8, 4) is 0 Å². The number of rotatable bonds is 3. The van der Waals surface area contributed by atoms with Crippen LogP contribution in [0.5, 0.6) is 0 Å². The number of carbonyl (C=O) groups is 1. The van der Waals surface area contributed by atoms with Crippen LogP contribution in [-0.2, 0) is 0 Å². The van der Waals surface area contributed by atoms with Gasteiger partial charge in [-0.05, 0) is 11.6 Å². The number of hydrogen-bond acceptors (Lipinski definition) is 5. The number of aromatic nitrogens is 2. The number of aliphatic hydroxyl groups is 1. The molecule has 2 unspecified atom stereocenters. The lowest BCUT2D eigenvalue weighted by Crippen LogP contribution is -2.27. The van der Waals surface area contributed by atoms with Gasteiger partial charge in [-0.1, -0.05) is 5.16 Å². The Hall–Kier alpha value is -1.43. The molecule has 6 nitrogen and oxygen atoms in total. The van der Waals surface area contributed by atoms with Crippen molar-refractivity contribution in [2.45, 2.75) is 12.5 Å². The highest BCUT2D eigenvalue weighted by Crippen LogP contribution is 2.29. The van der Waals surface area contributed by atoms with Crippen molar-refractivity contribution in [3.05, 3.63) is 11.9 Å². The summed E-state index contributed by atoms with van der Waals surface area (Å²) in [5.74, 6) is -0.106. The molecule has 1 aromatic heterocycles. The van der Waals surface area contributed by atoms with E-state index in [1.54, 1.807) is 0 Å². The molecular formula is C7H9N3O3. The smallest absolute Gasteiger partial charge is 0.275 e. The van der Waals surface area contributed by atoms with E-state index in [1.165, 1.54) is 6.20 Å². The van der Waals surface area contributed by atoms with Crippen LogP contribution in [0.25, 0.3) is 0 Å². The zero-order valence-corrected chi connectivity index (χ0v) is 6.80. The van der Waals surface area contributed by atoms with E-state index in [0.717, 1.165) is 6.42 Å². The van der Waals surface area contributed by atoms with Gasteiger partial charge in [0.15, 0.2) is 5.69 Å². The summed E-state index contributed by atoms with van der Waals surface area (Å²) in [6.45, 7) is 0.113. The Morgan fingerprint density at radius 2 is 2.69 bits per heavy atom. The normalized spacial score (nSPS) is 25.6. The van der Waals surface area contributed by atoms with E-state index in [1.807, 2.05) is 0 Å². The van der Waals surface area contributed by atoms with Crippen LogP contribution in [0.4, 0.5) is 0 Å². The van der Waals surface area contributed by atoms with Gasteiger partial charge in [0, 0.05) is 18.6 Å². The molecule has 1 aliphatic rings. The molecule has 0 saturated heterocycles. The molecule has 2 rings (SSSR count). The quantitative estimate of drug-likeness (QED) is 0.639. The van der Waals surface area contributed by atoms with Gasteiger partial charge in [0.1, 0.15) is 6.20 Å². The third-order valence-corrected chi connectivity index (χ3v) is 2.07. The highest BCUT2D eigenvalue weighted by Gasteiger charge is 2.38. The number of nitrogens with zero attached hydrogens (tertiary/aromatic N) is 2. The largest absolute Gasteiger partial charge is 0.396 e. The number of hydrogen-bond donors (Lipinski definition) is 2.